The van der Waals surface area contributed by atoms with E-state index in [1.54, 1.807) is 67.6 Å². The lowest BCUT2D eigenvalue weighted by Crippen LogP contribution is -2.18. The average Bonchev–Trinajstić information content (AvgIpc) is 3.02. The Bertz CT molecular complexity index is 1260. The van der Waals surface area contributed by atoms with E-state index >= 15 is 0 Å². The quantitative estimate of drug-likeness (QED) is 0.121. The zero-order valence-corrected chi connectivity index (χ0v) is 24.2. The molecule has 0 spiro atoms. The Balaban J connectivity index is 1.32. The molecule has 0 fully saturated rings. The van der Waals surface area contributed by atoms with Crippen molar-refractivity contribution < 1.29 is 42.8 Å². The molecule has 0 saturated carbocycles. The summed E-state index contributed by atoms with van der Waals surface area (Å²) in [4.78, 5) is 40.2. The number of hydrogen-bond donors (Lipinski definition) is 0. The molecule has 10 heteroatoms. The maximum atomic E-state index is 12.6. The number of esters is 3. The summed E-state index contributed by atoms with van der Waals surface area (Å²) in [7, 11) is 0. The third kappa shape index (κ3) is 10.6. The molecular formula is C32H37NO9. The zero-order valence-electron chi connectivity index (χ0n) is 24.2. The second-order valence-electron chi connectivity index (χ2n) is 9.14. The topological polar surface area (TPSA) is 119 Å². The van der Waals surface area contributed by atoms with Crippen molar-refractivity contribution in [2.75, 3.05) is 46.2 Å². The van der Waals surface area contributed by atoms with Crippen molar-refractivity contribution in [3.05, 3.63) is 78.0 Å². The van der Waals surface area contributed by atoms with Crippen LogP contribution in [0.25, 0.3) is 11.3 Å². The van der Waals surface area contributed by atoms with Crippen molar-refractivity contribution in [3.63, 3.8) is 0 Å². The summed E-state index contributed by atoms with van der Waals surface area (Å²) in [6.07, 6.45) is 2.22. The molecule has 1 atom stereocenters. The first-order valence-electron chi connectivity index (χ1n) is 13.9. The number of pyridine rings is 1. The highest BCUT2D eigenvalue weighted by molar-refractivity contribution is 5.91. The molecule has 2 aromatic carbocycles. The van der Waals surface area contributed by atoms with Gasteiger partial charge in [-0.3, -0.25) is 9.78 Å². The van der Waals surface area contributed by atoms with Gasteiger partial charge in [-0.25, -0.2) is 9.59 Å². The van der Waals surface area contributed by atoms with Crippen LogP contribution < -0.4 is 9.47 Å². The van der Waals surface area contributed by atoms with E-state index in [4.69, 9.17) is 28.4 Å². The summed E-state index contributed by atoms with van der Waals surface area (Å²) in [6, 6.07) is 17.0. The highest BCUT2D eigenvalue weighted by Gasteiger charge is 2.12. The first-order valence-corrected chi connectivity index (χ1v) is 13.9. The maximum Gasteiger partial charge on any atom is 0.343 e. The molecule has 0 aliphatic heterocycles. The summed E-state index contributed by atoms with van der Waals surface area (Å²) in [5.74, 6) is -0.232. The molecule has 3 rings (SSSR count). The monoisotopic (exact) mass is 579 g/mol. The van der Waals surface area contributed by atoms with Crippen molar-refractivity contribution in [1.29, 1.82) is 0 Å². The smallest absolute Gasteiger partial charge is 0.343 e. The van der Waals surface area contributed by atoms with Gasteiger partial charge in [0.25, 0.3) is 0 Å². The molecule has 0 saturated heterocycles. The van der Waals surface area contributed by atoms with Crippen LogP contribution in [0.1, 0.15) is 47.9 Å². The second kappa shape index (κ2) is 17.5. The Morgan fingerprint density at radius 2 is 1.31 bits per heavy atom. The van der Waals surface area contributed by atoms with Crippen LogP contribution in [0.5, 0.6) is 11.5 Å². The summed E-state index contributed by atoms with van der Waals surface area (Å²) in [6.45, 7) is 7.87. The number of rotatable bonds is 17. The summed E-state index contributed by atoms with van der Waals surface area (Å²) in [5, 5.41) is 0. The molecule has 0 N–H and O–H groups in total. The number of hydrogen-bond acceptors (Lipinski definition) is 10. The lowest BCUT2D eigenvalue weighted by Gasteiger charge is -2.10. The van der Waals surface area contributed by atoms with Gasteiger partial charge >= 0.3 is 17.9 Å². The Morgan fingerprint density at radius 1 is 0.690 bits per heavy atom. The zero-order chi connectivity index (χ0) is 30.2. The highest BCUT2D eigenvalue weighted by atomic mass is 16.6. The minimum atomic E-state index is -0.496. The lowest BCUT2D eigenvalue weighted by atomic mass is 10.1. The van der Waals surface area contributed by atoms with Gasteiger partial charge in [0.1, 0.15) is 24.7 Å². The number of nitrogens with zero attached hydrogens (tertiary/aromatic N) is 1. The van der Waals surface area contributed by atoms with E-state index in [0.717, 1.165) is 12.0 Å². The Morgan fingerprint density at radius 3 is 1.93 bits per heavy atom. The molecule has 0 bridgehead atoms. The van der Waals surface area contributed by atoms with Crippen LogP contribution in [0.2, 0.25) is 0 Å². The van der Waals surface area contributed by atoms with Crippen molar-refractivity contribution in [1.82, 2.24) is 4.98 Å². The molecular weight excluding hydrogens is 542 g/mol. The van der Waals surface area contributed by atoms with E-state index in [1.165, 1.54) is 6.20 Å². The third-order valence-corrected chi connectivity index (χ3v) is 6.08. The predicted octanol–water partition coefficient (Wildman–Crippen LogP) is 5.15. The van der Waals surface area contributed by atoms with Gasteiger partial charge in [0.05, 0.1) is 55.8 Å². The molecule has 0 amide bonds. The second-order valence-corrected chi connectivity index (χ2v) is 9.14. The van der Waals surface area contributed by atoms with Gasteiger partial charge in [-0.1, -0.05) is 13.8 Å². The third-order valence-electron chi connectivity index (χ3n) is 6.08. The van der Waals surface area contributed by atoms with Gasteiger partial charge in [-0.2, -0.15) is 0 Å². The molecule has 0 aliphatic rings. The first-order chi connectivity index (χ1) is 20.4. The molecule has 1 aromatic heterocycles. The molecule has 0 aliphatic carbocycles. The minimum Gasteiger partial charge on any atom is -0.491 e. The Hall–Kier alpha value is -4.28. The molecule has 10 nitrogen and oxygen atoms in total. The van der Waals surface area contributed by atoms with Crippen molar-refractivity contribution in [2.45, 2.75) is 27.2 Å². The maximum absolute atomic E-state index is 12.6. The molecule has 0 radical (unpaired) electrons. The SMILES string of the molecule is CCOC(=O)c1ccc(-c2ccc(OC(=O)c3ccc(OCCOCCOCCOC(=O)C(C)CC)cc3)cc2)nc1. The van der Waals surface area contributed by atoms with Gasteiger partial charge < -0.3 is 28.4 Å². The number of ether oxygens (including phenoxy) is 6. The first kappa shape index (κ1) is 32.2. The fourth-order valence-corrected chi connectivity index (χ4v) is 3.50. The Kier molecular flexibility index (Phi) is 13.4. The molecule has 42 heavy (non-hydrogen) atoms. The van der Waals surface area contributed by atoms with E-state index in [0.29, 0.717) is 68.0 Å². The summed E-state index contributed by atoms with van der Waals surface area (Å²) < 4.78 is 32.1. The standard InChI is InChI=1S/C32H37NO9/c1-4-23(3)30(34)41-21-19-38-17-16-37-18-20-40-27-11-8-25(9-12-27)32(36)42-28-13-6-24(7-14-28)29-15-10-26(22-33-29)31(35)39-5-2/h6-15,22-23H,4-5,16-21H2,1-3H3. The van der Waals surface area contributed by atoms with E-state index in [1.807, 2.05) is 13.8 Å². The normalized spacial score (nSPS) is 11.4. The molecule has 3 aromatic rings. The average molecular weight is 580 g/mol. The summed E-state index contributed by atoms with van der Waals surface area (Å²) >= 11 is 0. The molecule has 1 unspecified atom stereocenters. The van der Waals surface area contributed by atoms with Gasteiger partial charge in [0.2, 0.25) is 0 Å². The minimum absolute atomic E-state index is 0.0989. The fourth-order valence-electron chi connectivity index (χ4n) is 3.50. The van der Waals surface area contributed by atoms with E-state index in [2.05, 4.69) is 4.98 Å². The largest absolute Gasteiger partial charge is 0.491 e. The van der Waals surface area contributed by atoms with E-state index in [9.17, 15) is 14.4 Å². The van der Waals surface area contributed by atoms with Crippen LogP contribution in [-0.4, -0.2) is 69.1 Å². The van der Waals surface area contributed by atoms with E-state index in [-0.39, 0.29) is 18.5 Å². The number of carbonyl (C=O) groups is 3. The van der Waals surface area contributed by atoms with Gasteiger partial charge in [0.15, 0.2) is 0 Å². The van der Waals surface area contributed by atoms with Crippen LogP contribution in [-0.2, 0) is 23.7 Å². The van der Waals surface area contributed by atoms with Gasteiger partial charge in [-0.05, 0) is 74.0 Å². The van der Waals surface area contributed by atoms with Crippen molar-refractivity contribution in [2.24, 2.45) is 5.92 Å². The Labute approximate surface area is 245 Å². The van der Waals surface area contributed by atoms with Crippen molar-refractivity contribution in [3.8, 4) is 22.8 Å². The number of aromatic nitrogens is 1. The van der Waals surface area contributed by atoms with Crippen LogP contribution in [0.4, 0.5) is 0 Å². The van der Waals surface area contributed by atoms with Gasteiger partial charge in [-0.15, -0.1) is 0 Å². The molecule has 224 valence electrons. The fraction of sp³-hybridized carbons (Fsp3) is 0.375. The van der Waals surface area contributed by atoms with E-state index < -0.39 is 11.9 Å². The van der Waals surface area contributed by atoms with Crippen LogP contribution >= 0.6 is 0 Å². The number of benzene rings is 2. The van der Waals surface area contributed by atoms with Crippen LogP contribution in [0.3, 0.4) is 0 Å². The predicted molar refractivity (Wildman–Crippen MR) is 155 cm³/mol. The number of carbonyl (C=O) groups excluding carboxylic acids is 3. The van der Waals surface area contributed by atoms with Crippen LogP contribution in [0, 0.1) is 5.92 Å². The lowest BCUT2D eigenvalue weighted by molar-refractivity contribution is -0.149. The van der Waals surface area contributed by atoms with Crippen LogP contribution in [0.15, 0.2) is 66.9 Å². The molecule has 1 heterocycles. The highest BCUT2D eigenvalue weighted by Crippen LogP contribution is 2.22. The van der Waals surface area contributed by atoms with Gasteiger partial charge in [0, 0.05) is 11.8 Å². The van der Waals surface area contributed by atoms with Crippen molar-refractivity contribution >= 4 is 17.9 Å². The summed E-state index contributed by atoms with van der Waals surface area (Å²) in [5.41, 5.74) is 2.24.